The Kier molecular flexibility index (Phi) is 3.38. The number of anilines is 1. The van der Waals surface area contributed by atoms with Gasteiger partial charge in [-0.05, 0) is 13.3 Å². The van der Waals surface area contributed by atoms with Crippen LogP contribution in [0.1, 0.15) is 13.3 Å². The molecule has 12 heavy (non-hydrogen) atoms. The van der Waals surface area contributed by atoms with E-state index in [0.717, 1.165) is 18.9 Å². The first kappa shape index (κ1) is 8.84. The number of aryl methyl sites for hydroxylation is 1. The van der Waals surface area contributed by atoms with E-state index in [-0.39, 0.29) is 0 Å². The average molecular weight is 165 g/mol. The molecular weight excluding hydrogens is 150 g/mol. The maximum atomic E-state index is 4.14. The molecule has 0 saturated carbocycles. The Balaban J connectivity index is 2.28. The molecule has 1 N–H and O–H groups in total. The molecule has 0 atom stereocenters. The van der Waals surface area contributed by atoms with E-state index in [0.29, 0.717) is 0 Å². The van der Waals surface area contributed by atoms with E-state index in [2.05, 4.69) is 22.5 Å². The Labute approximate surface area is 73.1 Å². The fourth-order valence-corrected chi connectivity index (χ4v) is 0.970. The van der Waals surface area contributed by atoms with Gasteiger partial charge in [0, 0.05) is 26.0 Å². The molecule has 3 nitrogen and oxygen atoms in total. The van der Waals surface area contributed by atoms with Gasteiger partial charge in [-0.25, -0.2) is 4.98 Å². The lowest BCUT2D eigenvalue weighted by molar-refractivity contribution is 0.895. The predicted octanol–water partition coefficient (Wildman–Crippen LogP) is 1.80. The van der Waals surface area contributed by atoms with Crippen LogP contribution in [0.25, 0.3) is 0 Å². The summed E-state index contributed by atoms with van der Waals surface area (Å²) in [5.41, 5.74) is 0. The van der Waals surface area contributed by atoms with E-state index in [9.17, 15) is 0 Å². The quantitative estimate of drug-likeness (QED) is 0.544. The van der Waals surface area contributed by atoms with Gasteiger partial charge < -0.3 is 9.88 Å². The van der Waals surface area contributed by atoms with Gasteiger partial charge in [0.1, 0.15) is 0 Å². The number of hydrogen-bond acceptors (Lipinski definition) is 2. The van der Waals surface area contributed by atoms with Gasteiger partial charge in [-0.1, -0.05) is 12.2 Å². The highest BCUT2D eigenvalue weighted by molar-refractivity contribution is 5.24. The Morgan fingerprint density at radius 2 is 2.50 bits per heavy atom. The molecule has 1 aromatic rings. The monoisotopic (exact) mass is 165 g/mol. The molecule has 0 unspecified atom stereocenters. The normalized spacial score (nSPS) is 10.8. The topological polar surface area (TPSA) is 29.9 Å². The van der Waals surface area contributed by atoms with Gasteiger partial charge in [0.2, 0.25) is 5.95 Å². The van der Waals surface area contributed by atoms with Gasteiger partial charge in [0.15, 0.2) is 0 Å². The molecule has 66 valence electrons. The molecule has 3 heteroatoms. The van der Waals surface area contributed by atoms with Crippen LogP contribution in [0.4, 0.5) is 5.95 Å². The van der Waals surface area contributed by atoms with Crippen LogP contribution in [-0.4, -0.2) is 16.1 Å². The van der Waals surface area contributed by atoms with Crippen molar-refractivity contribution in [3.63, 3.8) is 0 Å². The molecule has 0 fully saturated rings. The lowest BCUT2D eigenvalue weighted by Gasteiger charge is -2.02. The molecule has 1 rings (SSSR count). The number of allylic oxidation sites excluding steroid dienone is 1. The average Bonchev–Trinajstić information content (AvgIpc) is 2.46. The van der Waals surface area contributed by atoms with Crippen molar-refractivity contribution >= 4 is 5.95 Å². The number of imidazole rings is 1. The fraction of sp³-hybridized carbons (Fsp3) is 0.444. The summed E-state index contributed by atoms with van der Waals surface area (Å²) in [6, 6.07) is 0. The zero-order chi connectivity index (χ0) is 8.81. The van der Waals surface area contributed by atoms with E-state index in [1.807, 2.05) is 24.7 Å². The maximum absolute atomic E-state index is 4.14. The molecule has 0 aliphatic heterocycles. The van der Waals surface area contributed by atoms with Gasteiger partial charge in [-0.3, -0.25) is 0 Å². The molecule has 0 aromatic carbocycles. The second-order valence-electron chi connectivity index (χ2n) is 2.65. The summed E-state index contributed by atoms with van der Waals surface area (Å²) in [6.45, 7) is 2.97. The van der Waals surface area contributed by atoms with Crippen LogP contribution in [0, 0.1) is 0 Å². The zero-order valence-corrected chi connectivity index (χ0v) is 7.62. The van der Waals surface area contributed by atoms with Crippen LogP contribution < -0.4 is 5.32 Å². The fourth-order valence-electron chi connectivity index (χ4n) is 0.970. The smallest absolute Gasteiger partial charge is 0.202 e. The minimum absolute atomic E-state index is 0.930. The summed E-state index contributed by atoms with van der Waals surface area (Å²) in [5.74, 6) is 0.930. The SMILES string of the molecule is C/C=C/CCNc1nccn1C. The van der Waals surface area contributed by atoms with Crippen LogP contribution >= 0.6 is 0 Å². The van der Waals surface area contributed by atoms with E-state index in [4.69, 9.17) is 0 Å². The van der Waals surface area contributed by atoms with Crippen molar-refractivity contribution in [3.05, 3.63) is 24.5 Å². The van der Waals surface area contributed by atoms with Crippen LogP contribution in [0.3, 0.4) is 0 Å². The largest absolute Gasteiger partial charge is 0.355 e. The molecule has 0 aliphatic rings. The Bertz CT molecular complexity index is 250. The first-order chi connectivity index (χ1) is 5.84. The molecule has 1 aromatic heterocycles. The van der Waals surface area contributed by atoms with E-state index >= 15 is 0 Å². The molecule has 0 radical (unpaired) electrons. The Morgan fingerprint density at radius 1 is 1.67 bits per heavy atom. The van der Waals surface area contributed by atoms with Crippen molar-refractivity contribution in [3.8, 4) is 0 Å². The van der Waals surface area contributed by atoms with Gasteiger partial charge in [-0.15, -0.1) is 0 Å². The van der Waals surface area contributed by atoms with Gasteiger partial charge >= 0.3 is 0 Å². The highest BCUT2D eigenvalue weighted by Crippen LogP contribution is 2.00. The van der Waals surface area contributed by atoms with E-state index in [1.165, 1.54) is 0 Å². The first-order valence-electron chi connectivity index (χ1n) is 4.17. The van der Waals surface area contributed by atoms with Crippen molar-refractivity contribution in [2.45, 2.75) is 13.3 Å². The van der Waals surface area contributed by atoms with Gasteiger partial charge in [-0.2, -0.15) is 0 Å². The van der Waals surface area contributed by atoms with Crippen LogP contribution in [0.5, 0.6) is 0 Å². The third-order valence-electron chi connectivity index (χ3n) is 1.65. The standard InChI is InChI=1S/C9H15N3/c1-3-4-5-6-10-9-11-7-8-12(9)2/h3-4,7-8H,5-6H2,1-2H3,(H,10,11)/b4-3+. The van der Waals surface area contributed by atoms with Crippen molar-refractivity contribution < 1.29 is 0 Å². The summed E-state index contributed by atoms with van der Waals surface area (Å²) in [5, 5.41) is 3.23. The zero-order valence-electron chi connectivity index (χ0n) is 7.62. The number of aromatic nitrogens is 2. The molecule has 1 heterocycles. The van der Waals surface area contributed by atoms with Crippen molar-refractivity contribution in [2.24, 2.45) is 7.05 Å². The number of nitrogens with zero attached hydrogens (tertiary/aromatic N) is 2. The summed E-state index contributed by atoms with van der Waals surface area (Å²) in [4.78, 5) is 4.14. The first-order valence-corrected chi connectivity index (χ1v) is 4.17. The molecule has 0 aliphatic carbocycles. The molecule has 0 amide bonds. The lowest BCUT2D eigenvalue weighted by Crippen LogP contribution is -2.05. The Morgan fingerprint density at radius 3 is 3.08 bits per heavy atom. The summed E-state index contributed by atoms with van der Waals surface area (Å²) < 4.78 is 1.97. The van der Waals surface area contributed by atoms with Crippen molar-refractivity contribution in [1.29, 1.82) is 0 Å². The molecule has 0 saturated heterocycles. The number of hydrogen-bond donors (Lipinski definition) is 1. The minimum Gasteiger partial charge on any atom is -0.355 e. The maximum Gasteiger partial charge on any atom is 0.202 e. The minimum atomic E-state index is 0.930. The predicted molar refractivity (Wildman–Crippen MR) is 51.1 cm³/mol. The summed E-state index contributed by atoms with van der Waals surface area (Å²) in [6.07, 6.45) is 8.95. The molecule has 0 bridgehead atoms. The highest BCUT2D eigenvalue weighted by Gasteiger charge is 1.94. The second-order valence-corrected chi connectivity index (χ2v) is 2.65. The molecule has 0 spiro atoms. The van der Waals surface area contributed by atoms with Crippen LogP contribution in [-0.2, 0) is 7.05 Å². The van der Waals surface area contributed by atoms with Crippen molar-refractivity contribution in [1.82, 2.24) is 9.55 Å². The summed E-state index contributed by atoms with van der Waals surface area (Å²) >= 11 is 0. The molecular formula is C9H15N3. The summed E-state index contributed by atoms with van der Waals surface area (Å²) in [7, 11) is 1.98. The van der Waals surface area contributed by atoms with Gasteiger partial charge in [0.25, 0.3) is 0 Å². The highest BCUT2D eigenvalue weighted by atomic mass is 15.2. The van der Waals surface area contributed by atoms with E-state index < -0.39 is 0 Å². The number of nitrogens with one attached hydrogen (secondary N) is 1. The third-order valence-corrected chi connectivity index (χ3v) is 1.65. The second kappa shape index (κ2) is 4.59. The van der Waals surface area contributed by atoms with Gasteiger partial charge in [0.05, 0.1) is 0 Å². The Hall–Kier alpha value is -1.25. The van der Waals surface area contributed by atoms with Crippen LogP contribution in [0.2, 0.25) is 0 Å². The van der Waals surface area contributed by atoms with Crippen LogP contribution in [0.15, 0.2) is 24.5 Å². The number of rotatable bonds is 4. The van der Waals surface area contributed by atoms with E-state index in [1.54, 1.807) is 6.20 Å². The van der Waals surface area contributed by atoms with Crippen molar-refractivity contribution in [2.75, 3.05) is 11.9 Å². The lowest BCUT2D eigenvalue weighted by atomic mass is 10.4. The third kappa shape index (κ3) is 2.42.